The molecule has 2 N–H and O–H groups in total. The van der Waals surface area contributed by atoms with Crippen LogP contribution in [0, 0.1) is 13.8 Å². The van der Waals surface area contributed by atoms with E-state index < -0.39 is 5.97 Å². The summed E-state index contributed by atoms with van der Waals surface area (Å²) in [6.45, 7) is 8.13. The maximum Gasteiger partial charge on any atom is 0.346 e. The van der Waals surface area contributed by atoms with Crippen LogP contribution in [-0.2, 0) is 0 Å². The molecule has 4 aromatic heterocycles. The van der Waals surface area contributed by atoms with E-state index >= 15 is 0 Å². The number of carboxylic acids is 1. The molecule has 0 fully saturated rings. The number of nitrogens with one attached hydrogen (secondary N) is 1. The van der Waals surface area contributed by atoms with E-state index in [0.717, 1.165) is 43.8 Å². The molecule has 0 aliphatic heterocycles. The summed E-state index contributed by atoms with van der Waals surface area (Å²) in [6.07, 6.45) is 3.51. The fourth-order valence-corrected chi connectivity index (χ4v) is 4.67. The van der Waals surface area contributed by atoms with Crippen LogP contribution in [-0.4, -0.2) is 30.7 Å². The minimum atomic E-state index is -0.872. The number of thiophene rings is 1. The van der Waals surface area contributed by atoms with Gasteiger partial charge in [-0.15, -0.1) is 11.3 Å². The maximum absolute atomic E-state index is 11.5. The third-order valence-corrected chi connectivity index (χ3v) is 5.84. The van der Waals surface area contributed by atoms with Gasteiger partial charge in [0.1, 0.15) is 11.2 Å². The van der Waals surface area contributed by atoms with Crippen LogP contribution in [0.3, 0.4) is 0 Å². The Balaban J connectivity index is 2.03. The lowest BCUT2D eigenvalue weighted by Gasteiger charge is -2.09. The van der Waals surface area contributed by atoms with Gasteiger partial charge in [0.25, 0.3) is 0 Å². The van der Waals surface area contributed by atoms with Crippen LogP contribution in [0.15, 0.2) is 18.6 Å². The molecular formula is C18H18N4O2S. The standard InChI is InChI=1S/C18H18N4O2S/c1-8(2)12-14(11-5-9(3)17-19-7-20-22(17)6-11)21-13-10(4)15(18(23)24)25-16(12)13/h5-8,21H,1-4H3,(H,23,24). The van der Waals surface area contributed by atoms with Crippen LogP contribution < -0.4 is 0 Å². The van der Waals surface area contributed by atoms with E-state index in [0.29, 0.717) is 4.88 Å². The minimum Gasteiger partial charge on any atom is -0.477 e. The number of carboxylic acid groups (broad SMARTS) is 1. The van der Waals surface area contributed by atoms with Crippen LogP contribution in [0.1, 0.15) is 46.1 Å². The van der Waals surface area contributed by atoms with Crippen molar-refractivity contribution in [1.82, 2.24) is 19.6 Å². The van der Waals surface area contributed by atoms with Gasteiger partial charge in [-0.1, -0.05) is 13.8 Å². The lowest BCUT2D eigenvalue weighted by Crippen LogP contribution is -1.96. The Morgan fingerprint density at radius 1 is 1.36 bits per heavy atom. The number of aromatic nitrogens is 4. The Kier molecular flexibility index (Phi) is 3.43. The predicted molar refractivity (Wildman–Crippen MR) is 98.7 cm³/mol. The third kappa shape index (κ3) is 2.26. The van der Waals surface area contributed by atoms with Crippen molar-refractivity contribution < 1.29 is 9.90 Å². The van der Waals surface area contributed by atoms with Crippen molar-refractivity contribution in [1.29, 1.82) is 0 Å². The number of carbonyl (C=O) groups is 1. The monoisotopic (exact) mass is 354 g/mol. The summed E-state index contributed by atoms with van der Waals surface area (Å²) in [6, 6.07) is 2.10. The van der Waals surface area contributed by atoms with Gasteiger partial charge in [-0.3, -0.25) is 0 Å². The van der Waals surface area contributed by atoms with Crippen molar-refractivity contribution in [3.8, 4) is 11.3 Å². The van der Waals surface area contributed by atoms with E-state index in [9.17, 15) is 9.90 Å². The highest BCUT2D eigenvalue weighted by Crippen LogP contribution is 2.42. The Morgan fingerprint density at radius 3 is 2.80 bits per heavy atom. The summed E-state index contributed by atoms with van der Waals surface area (Å²) in [7, 11) is 0. The number of rotatable bonds is 3. The van der Waals surface area contributed by atoms with Gasteiger partial charge in [-0.25, -0.2) is 14.3 Å². The summed E-state index contributed by atoms with van der Waals surface area (Å²) >= 11 is 1.35. The van der Waals surface area contributed by atoms with Crippen molar-refractivity contribution in [2.45, 2.75) is 33.6 Å². The van der Waals surface area contributed by atoms with Crippen LogP contribution in [0.5, 0.6) is 0 Å². The lowest BCUT2D eigenvalue weighted by atomic mass is 9.99. The molecule has 0 spiro atoms. The average Bonchev–Trinajstić information content (AvgIpc) is 3.21. The molecule has 128 valence electrons. The second-order valence-electron chi connectivity index (χ2n) is 6.57. The van der Waals surface area contributed by atoms with Crippen molar-refractivity contribution in [3.63, 3.8) is 0 Å². The lowest BCUT2D eigenvalue weighted by molar-refractivity contribution is 0.0701. The average molecular weight is 354 g/mol. The summed E-state index contributed by atoms with van der Waals surface area (Å²) < 4.78 is 2.80. The molecule has 4 rings (SSSR count). The molecule has 0 aromatic carbocycles. The smallest absolute Gasteiger partial charge is 0.346 e. The first kappa shape index (κ1) is 15.8. The SMILES string of the molecule is Cc1c(C(=O)O)sc2c(C(C)C)c(-c3cc(C)c4ncnn4c3)[nH]c12. The van der Waals surface area contributed by atoms with Gasteiger partial charge >= 0.3 is 5.97 Å². The summed E-state index contributed by atoms with van der Waals surface area (Å²) in [5.41, 5.74) is 6.79. The highest BCUT2D eigenvalue weighted by Gasteiger charge is 2.24. The molecule has 0 aliphatic carbocycles. The molecule has 25 heavy (non-hydrogen) atoms. The van der Waals surface area contributed by atoms with Gasteiger partial charge in [0.15, 0.2) is 5.65 Å². The van der Waals surface area contributed by atoms with Crippen molar-refractivity contribution in [2.24, 2.45) is 0 Å². The number of aromatic carboxylic acids is 1. The Morgan fingerprint density at radius 2 is 2.12 bits per heavy atom. The molecule has 7 heteroatoms. The molecular weight excluding hydrogens is 336 g/mol. The topological polar surface area (TPSA) is 83.3 Å². The molecule has 6 nitrogen and oxygen atoms in total. The van der Waals surface area contributed by atoms with Gasteiger partial charge in [0.2, 0.25) is 0 Å². The van der Waals surface area contributed by atoms with Crippen molar-refractivity contribution >= 4 is 33.2 Å². The molecule has 0 amide bonds. The summed E-state index contributed by atoms with van der Waals surface area (Å²) in [4.78, 5) is 19.6. The van der Waals surface area contributed by atoms with Gasteiger partial charge in [0, 0.05) is 11.8 Å². The molecule has 0 unspecified atom stereocenters. The van der Waals surface area contributed by atoms with Gasteiger partial charge < -0.3 is 10.1 Å². The number of pyridine rings is 1. The second-order valence-corrected chi connectivity index (χ2v) is 7.59. The minimum absolute atomic E-state index is 0.259. The molecule has 0 aliphatic rings. The molecule has 0 saturated carbocycles. The predicted octanol–water partition coefficient (Wildman–Crippen LogP) is 4.38. The number of hydrogen-bond donors (Lipinski definition) is 2. The van der Waals surface area contributed by atoms with E-state index in [1.165, 1.54) is 11.3 Å². The van der Waals surface area contributed by atoms with E-state index in [2.05, 4.69) is 35.0 Å². The van der Waals surface area contributed by atoms with E-state index in [1.54, 1.807) is 10.8 Å². The van der Waals surface area contributed by atoms with Crippen LogP contribution in [0.2, 0.25) is 0 Å². The number of nitrogens with zero attached hydrogens (tertiary/aromatic N) is 3. The number of H-pyrrole nitrogens is 1. The number of aromatic amines is 1. The first-order valence-electron chi connectivity index (χ1n) is 8.07. The summed E-state index contributed by atoms with van der Waals surface area (Å²) in [5, 5.41) is 13.7. The first-order valence-corrected chi connectivity index (χ1v) is 8.88. The van der Waals surface area contributed by atoms with Crippen LogP contribution in [0.25, 0.3) is 27.1 Å². The molecule has 0 bridgehead atoms. The fraction of sp³-hybridized carbons (Fsp3) is 0.278. The Labute approximate surface area is 148 Å². The quantitative estimate of drug-likeness (QED) is 0.572. The highest BCUT2D eigenvalue weighted by molar-refractivity contribution is 7.21. The van der Waals surface area contributed by atoms with Gasteiger partial charge in [0.05, 0.1) is 15.9 Å². The molecule has 0 saturated heterocycles. The molecule has 4 aromatic rings. The highest BCUT2D eigenvalue weighted by atomic mass is 32.1. The zero-order valence-corrected chi connectivity index (χ0v) is 15.2. The molecule has 0 radical (unpaired) electrons. The number of hydrogen-bond acceptors (Lipinski definition) is 4. The summed E-state index contributed by atoms with van der Waals surface area (Å²) in [5.74, 6) is -0.613. The van der Waals surface area contributed by atoms with Crippen molar-refractivity contribution in [2.75, 3.05) is 0 Å². The zero-order chi connectivity index (χ0) is 17.9. The fourth-order valence-electron chi connectivity index (χ4n) is 3.37. The van der Waals surface area contributed by atoms with E-state index in [-0.39, 0.29) is 5.92 Å². The number of fused-ring (bicyclic) bond motifs is 2. The Bertz CT molecular complexity index is 1130. The van der Waals surface area contributed by atoms with Gasteiger partial charge in [-0.2, -0.15) is 5.10 Å². The van der Waals surface area contributed by atoms with Crippen LogP contribution in [0.4, 0.5) is 0 Å². The van der Waals surface area contributed by atoms with Crippen LogP contribution >= 0.6 is 11.3 Å². The second kappa shape index (κ2) is 5.42. The van der Waals surface area contributed by atoms with Gasteiger partial charge in [-0.05, 0) is 42.5 Å². The zero-order valence-electron chi connectivity index (χ0n) is 14.4. The first-order chi connectivity index (χ1) is 11.9. The van der Waals surface area contributed by atoms with E-state index in [1.807, 2.05) is 20.0 Å². The molecule has 4 heterocycles. The van der Waals surface area contributed by atoms with E-state index in [4.69, 9.17) is 0 Å². The Hall–Kier alpha value is -2.67. The third-order valence-electron chi connectivity index (χ3n) is 4.53. The normalized spacial score (nSPS) is 11.9. The maximum atomic E-state index is 11.5. The largest absolute Gasteiger partial charge is 0.477 e. The van der Waals surface area contributed by atoms with Crippen molar-refractivity contribution in [3.05, 3.63) is 40.2 Å². The number of aryl methyl sites for hydroxylation is 2. The molecule has 0 atom stereocenters.